The summed E-state index contributed by atoms with van der Waals surface area (Å²) in [5.41, 5.74) is 1.33. The fourth-order valence-corrected chi connectivity index (χ4v) is 2.77. The lowest BCUT2D eigenvalue weighted by atomic mass is 10.1. The Hall–Kier alpha value is -1.26. The highest BCUT2D eigenvalue weighted by Crippen LogP contribution is 2.27. The number of piperazine rings is 1. The quantitative estimate of drug-likeness (QED) is 0.716. The van der Waals surface area contributed by atoms with Gasteiger partial charge in [0.1, 0.15) is 32.7 Å². The van der Waals surface area contributed by atoms with E-state index in [1.807, 2.05) is 6.07 Å². The second-order valence-electron chi connectivity index (χ2n) is 5.22. The van der Waals surface area contributed by atoms with Crippen LogP contribution in [0.25, 0.3) is 0 Å². The molecule has 0 aliphatic carbocycles. The largest absolute Gasteiger partial charge is 0.493 e. The summed E-state index contributed by atoms with van der Waals surface area (Å²) < 4.78 is 10.6. The standard InChI is InChI=1S/C15H24N2O2/c1-4-16-7-9-17(10-8-16)12-13-5-6-14(18-2)15(11-13)19-3/h5-6,11H,4,7-10,12H2,1-3H3/p+2. The molecule has 0 saturated carbocycles. The van der Waals surface area contributed by atoms with Gasteiger partial charge in [0.05, 0.1) is 20.8 Å². The van der Waals surface area contributed by atoms with Gasteiger partial charge in [0.2, 0.25) is 0 Å². The van der Waals surface area contributed by atoms with Crippen LogP contribution in [-0.4, -0.2) is 46.9 Å². The number of likely N-dealkylation sites (N-methyl/N-ethyl adjacent to an activating group) is 1. The molecule has 1 aliphatic rings. The van der Waals surface area contributed by atoms with E-state index in [2.05, 4.69) is 19.1 Å². The number of hydrogen-bond donors (Lipinski definition) is 2. The van der Waals surface area contributed by atoms with E-state index in [1.54, 1.807) is 24.0 Å². The molecule has 106 valence electrons. The van der Waals surface area contributed by atoms with Crippen LogP contribution in [0.5, 0.6) is 11.5 Å². The van der Waals surface area contributed by atoms with Crippen molar-refractivity contribution in [2.45, 2.75) is 13.5 Å². The molecule has 2 rings (SSSR count). The Morgan fingerprint density at radius 1 is 0.947 bits per heavy atom. The van der Waals surface area contributed by atoms with Gasteiger partial charge in [0.15, 0.2) is 11.5 Å². The molecule has 0 amide bonds. The Balaban J connectivity index is 1.96. The first-order valence-electron chi connectivity index (χ1n) is 7.14. The number of nitrogens with one attached hydrogen (secondary N) is 2. The van der Waals surface area contributed by atoms with Crippen LogP contribution in [0.4, 0.5) is 0 Å². The molecule has 2 N–H and O–H groups in total. The number of benzene rings is 1. The molecule has 1 aliphatic heterocycles. The van der Waals surface area contributed by atoms with Gasteiger partial charge in [-0.3, -0.25) is 0 Å². The van der Waals surface area contributed by atoms with Crippen LogP contribution >= 0.6 is 0 Å². The Kier molecular flexibility index (Phi) is 5.05. The van der Waals surface area contributed by atoms with Gasteiger partial charge in [-0.25, -0.2) is 0 Å². The van der Waals surface area contributed by atoms with Crippen LogP contribution in [0.1, 0.15) is 12.5 Å². The zero-order valence-electron chi connectivity index (χ0n) is 12.3. The average molecular weight is 266 g/mol. The molecule has 1 heterocycles. The molecule has 1 aromatic rings. The summed E-state index contributed by atoms with van der Waals surface area (Å²) in [5, 5.41) is 0. The number of ether oxygens (including phenoxy) is 2. The van der Waals surface area contributed by atoms with Gasteiger partial charge in [-0.2, -0.15) is 0 Å². The van der Waals surface area contributed by atoms with E-state index in [1.165, 1.54) is 38.3 Å². The summed E-state index contributed by atoms with van der Waals surface area (Å²) in [7, 11) is 3.37. The molecule has 1 aromatic carbocycles. The monoisotopic (exact) mass is 266 g/mol. The molecule has 0 spiro atoms. The SMILES string of the molecule is CC[NH+]1CC[NH+](Cc2ccc(OC)c(OC)c2)CC1. The summed E-state index contributed by atoms with van der Waals surface area (Å²) in [5.74, 6) is 1.64. The third-order valence-electron chi connectivity index (χ3n) is 4.07. The number of methoxy groups -OCH3 is 2. The van der Waals surface area contributed by atoms with Crippen LogP contribution in [-0.2, 0) is 6.54 Å². The van der Waals surface area contributed by atoms with E-state index in [4.69, 9.17) is 9.47 Å². The van der Waals surface area contributed by atoms with Crippen LogP contribution in [0.15, 0.2) is 18.2 Å². The van der Waals surface area contributed by atoms with Crippen molar-refractivity contribution in [3.63, 3.8) is 0 Å². The minimum absolute atomic E-state index is 0.807. The summed E-state index contributed by atoms with van der Waals surface area (Å²) in [6.07, 6.45) is 0. The maximum atomic E-state index is 5.36. The topological polar surface area (TPSA) is 27.3 Å². The Bertz CT molecular complexity index is 401. The van der Waals surface area contributed by atoms with Crippen LogP contribution in [0.3, 0.4) is 0 Å². The lowest BCUT2D eigenvalue weighted by Crippen LogP contribution is -3.27. The normalized spacial score (nSPS) is 23.1. The minimum atomic E-state index is 0.807. The van der Waals surface area contributed by atoms with Gasteiger partial charge in [-0.1, -0.05) is 0 Å². The van der Waals surface area contributed by atoms with Gasteiger partial charge in [0.25, 0.3) is 0 Å². The summed E-state index contributed by atoms with van der Waals surface area (Å²) >= 11 is 0. The highest BCUT2D eigenvalue weighted by molar-refractivity contribution is 5.42. The molecule has 19 heavy (non-hydrogen) atoms. The first-order valence-corrected chi connectivity index (χ1v) is 7.14. The summed E-state index contributed by atoms with van der Waals surface area (Å²) in [6, 6.07) is 6.25. The molecule has 0 unspecified atom stereocenters. The second-order valence-corrected chi connectivity index (χ2v) is 5.22. The summed E-state index contributed by atoms with van der Waals surface area (Å²) in [4.78, 5) is 3.40. The molecule has 0 radical (unpaired) electrons. The molecule has 4 heteroatoms. The van der Waals surface area contributed by atoms with E-state index in [0.29, 0.717) is 0 Å². The number of quaternary nitrogens is 2. The van der Waals surface area contributed by atoms with E-state index in [9.17, 15) is 0 Å². The van der Waals surface area contributed by atoms with Crippen LogP contribution in [0.2, 0.25) is 0 Å². The zero-order valence-corrected chi connectivity index (χ0v) is 12.3. The number of hydrogen-bond acceptors (Lipinski definition) is 2. The molecule has 4 nitrogen and oxygen atoms in total. The molecule has 1 saturated heterocycles. The van der Waals surface area contributed by atoms with Crippen LogP contribution in [0, 0.1) is 0 Å². The molecule has 0 aromatic heterocycles. The predicted molar refractivity (Wildman–Crippen MR) is 75.2 cm³/mol. The van der Waals surface area contributed by atoms with Crippen molar-refractivity contribution in [2.24, 2.45) is 0 Å². The van der Waals surface area contributed by atoms with Crippen molar-refractivity contribution in [3.8, 4) is 11.5 Å². The van der Waals surface area contributed by atoms with Crippen molar-refractivity contribution < 1.29 is 19.3 Å². The van der Waals surface area contributed by atoms with Gasteiger partial charge in [-0.15, -0.1) is 0 Å². The maximum Gasteiger partial charge on any atom is 0.161 e. The number of rotatable bonds is 5. The van der Waals surface area contributed by atoms with Gasteiger partial charge < -0.3 is 19.3 Å². The fourth-order valence-electron chi connectivity index (χ4n) is 2.77. The predicted octanol–water partition coefficient (Wildman–Crippen LogP) is -0.993. The lowest BCUT2D eigenvalue weighted by molar-refractivity contribution is -1.02. The molecule has 0 atom stereocenters. The van der Waals surface area contributed by atoms with Gasteiger partial charge >= 0.3 is 0 Å². The van der Waals surface area contributed by atoms with Crippen molar-refractivity contribution in [2.75, 3.05) is 46.9 Å². The highest BCUT2D eigenvalue weighted by Gasteiger charge is 2.21. The Morgan fingerprint density at radius 3 is 2.16 bits per heavy atom. The van der Waals surface area contributed by atoms with Crippen molar-refractivity contribution in [1.82, 2.24) is 0 Å². The smallest absolute Gasteiger partial charge is 0.161 e. The first kappa shape index (κ1) is 14.2. The minimum Gasteiger partial charge on any atom is -0.493 e. The van der Waals surface area contributed by atoms with Crippen molar-refractivity contribution in [1.29, 1.82) is 0 Å². The molecular formula is C15H26N2O2+2. The van der Waals surface area contributed by atoms with Crippen LogP contribution < -0.4 is 19.3 Å². The van der Waals surface area contributed by atoms with E-state index in [-0.39, 0.29) is 0 Å². The third-order valence-corrected chi connectivity index (χ3v) is 4.07. The van der Waals surface area contributed by atoms with Gasteiger partial charge in [0, 0.05) is 5.56 Å². The van der Waals surface area contributed by atoms with E-state index in [0.717, 1.165) is 18.0 Å². The third kappa shape index (κ3) is 3.61. The van der Waals surface area contributed by atoms with E-state index < -0.39 is 0 Å². The first-order chi connectivity index (χ1) is 9.26. The lowest BCUT2D eigenvalue weighted by Gasteiger charge is -2.29. The van der Waals surface area contributed by atoms with E-state index >= 15 is 0 Å². The molecule has 0 bridgehead atoms. The van der Waals surface area contributed by atoms with Gasteiger partial charge in [-0.05, 0) is 25.1 Å². The van der Waals surface area contributed by atoms with Crippen molar-refractivity contribution in [3.05, 3.63) is 23.8 Å². The average Bonchev–Trinajstić information content (AvgIpc) is 2.48. The zero-order chi connectivity index (χ0) is 13.7. The summed E-state index contributed by atoms with van der Waals surface area (Å²) in [6.45, 7) is 9.71. The molecular weight excluding hydrogens is 240 g/mol. The Morgan fingerprint density at radius 2 is 1.58 bits per heavy atom. The molecule has 1 fully saturated rings. The Labute approximate surface area is 115 Å². The highest BCUT2D eigenvalue weighted by atomic mass is 16.5. The van der Waals surface area contributed by atoms with Crippen molar-refractivity contribution >= 4 is 0 Å². The second kappa shape index (κ2) is 6.78. The fraction of sp³-hybridized carbons (Fsp3) is 0.600. The maximum absolute atomic E-state index is 5.36.